The number of halogens is 3. The van der Waals surface area contributed by atoms with Crippen molar-refractivity contribution in [3.8, 4) is 0 Å². The summed E-state index contributed by atoms with van der Waals surface area (Å²) in [4.78, 5) is 4.27. The molecule has 0 unspecified atom stereocenters. The number of nitrogens with one attached hydrogen (secondary N) is 1. The number of benzene rings is 1. The first kappa shape index (κ1) is 15.4. The summed E-state index contributed by atoms with van der Waals surface area (Å²) in [6.07, 6.45) is 2.44. The van der Waals surface area contributed by atoms with Crippen molar-refractivity contribution in [1.29, 1.82) is 0 Å². The molecule has 106 valence electrons. The van der Waals surface area contributed by atoms with Crippen molar-refractivity contribution in [1.82, 2.24) is 4.98 Å². The van der Waals surface area contributed by atoms with E-state index in [1.54, 1.807) is 12.3 Å². The number of nitrogens with zero attached hydrogens (tertiary/aromatic N) is 1. The minimum absolute atomic E-state index is 0.644. The molecule has 0 spiro atoms. The van der Waals surface area contributed by atoms with Gasteiger partial charge in [0.1, 0.15) is 5.82 Å². The topological polar surface area (TPSA) is 50.9 Å². The van der Waals surface area contributed by atoms with Gasteiger partial charge in [-0.05, 0) is 52.5 Å². The molecule has 0 amide bonds. The van der Waals surface area contributed by atoms with Crippen LogP contribution in [0.5, 0.6) is 0 Å². The zero-order valence-electron chi connectivity index (χ0n) is 10.9. The molecule has 2 aromatic rings. The predicted molar refractivity (Wildman–Crippen MR) is 89.7 cm³/mol. The molecular weight excluding hydrogens is 361 g/mol. The van der Waals surface area contributed by atoms with E-state index in [0.717, 1.165) is 34.4 Å². The Hall–Kier alpha value is -0.970. The van der Waals surface area contributed by atoms with E-state index in [0.29, 0.717) is 15.7 Å². The van der Waals surface area contributed by atoms with Gasteiger partial charge in [-0.2, -0.15) is 0 Å². The quantitative estimate of drug-likeness (QED) is 0.815. The Morgan fingerprint density at radius 3 is 2.80 bits per heavy atom. The van der Waals surface area contributed by atoms with Crippen LogP contribution in [0, 0.1) is 6.92 Å². The lowest BCUT2D eigenvalue weighted by molar-refractivity contribution is 1.00. The largest absolute Gasteiger partial charge is 0.397 e. The van der Waals surface area contributed by atoms with E-state index in [9.17, 15) is 0 Å². The molecule has 1 heterocycles. The summed E-state index contributed by atoms with van der Waals surface area (Å²) in [6, 6.07) is 5.52. The van der Waals surface area contributed by atoms with Crippen LogP contribution in [0.1, 0.15) is 11.1 Å². The zero-order chi connectivity index (χ0) is 14.7. The van der Waals surface area contributed by atoms with E-state index in [-0.39, 0.29) is 0 Å². The second kappa shape index (κ2) is 6.66. The summed E-state index contributed by atoms with van der Waals surface area (Å²) < 4.78 is 0.889. The first-order valence-electron chi connectivity index (χ1n) is 6.07. The molecule has 0 radical (unpaired) electrons. The van der Waals surface area contributed by atoms with Crippen molar-refractivity contribution in [2.24, 2.45) is 0 Å². The Labute approximate surface area is 136 Å². The maximum atomic E-state index is 6.13. The van der Waals surface area contributed by atoms with Crippen LogP contribution in [-0.4, -0.2) is 11.5 Å². The van der Waals surface area contributed by atoms with Crippen molar-refractivity contribution in [2.45, 2.75) is 13.3 Å². The number of hydrogen-bond donors (Lipinski definition) is 2. The van der Waals surface area contributed by atoms with Crippen LogP contribution in [0.4, 0.5) is 11.5 Å². The molecule has 0 saturated heterocycles. The summed E-state index contributed by atoms with van der Waals surface area (Å²) in [6.45, 7) is 2.67. The van der Waals surface area contributed by atoms with Crippen LogP contribution in [0.25, 0.3) is 0 Å². The monoisotopic (exact) mass is 373 g/mol. The van der Waals surface area contributed by atoms with Crippen LogP contribution in [0.15, 0.2) is 28.9 Å². The number of nitrogens with two attached hydrogens (primary N) is 1. The summed E-state index contributed by atoms with van der Waals surface area (Å²) in [7, 11) is 0. The van der Waals surface area contributed by atoms with Crippen LogP contribution in [0.2, 0.25) is 10.0 Å². The van der Waals surface area contributed by atoms with Gasteiger partial charge in [-0.1, -0.05) is 29.3 Å². The maximum absolute atomic E-state index is 6.13. The molecular formula is C14H14BrCl2N3. The Bertz CT molecular complexity index is 632. The molecule has 0 aliphatic carbocycles. The maximum Gasteiger partial charge on any atom is 0.140 e. The molecule has 0 bridgehead atoms. The SMILES string of the molecule is Cc1c(N)cnc(NCCc2ccc(Cl)cc2Cl)c1Br. The normalized spacial score (nSPS) is 10.6. The van der Waals surface area contributed by atoms with Crippen molar-refractivity contribution in [2.75, 3.05) is 17.6 Å². The predicted octanol–water partition coefficient (Wildman–Crippen LogP) is 4.70. The van der Waals surface area contributed by atoms with Crippen LogP contribution < -0.4 is 11.1 Å². The van der Waals surface area contributed by atoms with Gasteiger partial charge in [0.25, 0.3) is 0 Å². The van der Waals surface area contributed by atoms with Crippen molar-refractivity contribution in [3.05, 3.63) is 50.0 Å². The van der Waals surface area contributed by atoms with Crippen LogP contribution in [-0.2, 0) is 6.42 Å². The van der Waals surface area contributed by atoms with Crippen LogP contribution >= 0.6 is 39.1 Å². The first-order chi connectivity index (χ1) is 9.49. The van der Waals surface area contributed by atoms with Gasteiger partial charge in [0.15, 0.2) is 0 Å². The molecule has 2 rings (SSSR count). The average molecular weight is 375 g/mol. The lowest BCUT2D eigenvalue weighted by atomic mass is 10.1. The van der Waals surface area contributed by atoms with Gasteiger partial charge >= 0.3 is 0 Å². The van der Waals surface area contributed by atoms with E-state index < -0.39 is 0 Å². The van der Waals surface area contributed by atoms with E-state index in [1.807, 2.05) is 19.1 Å². The molecule has 3 N–H and O–H groups in total. The lowest BCUT2D eigenvalue weighted by Crippen LogP contribution is -2.08. The average Bonchev–Trinajstić information content (AvgIpc) is 2.41. The molecule has 1 aromatic heterocycles. The zero-order valence-corrected chi connectivity index (χ0v) is 14.0. The molecule has 0 aliphatic heterocycles. The van der Waals surface area contributed by atoms with E-state index in [1.165, 1.54) is 0 Å². The number of hydrogen-bond acceptors (Lipinski definition) is 3. The summed E-state index contributed by atoms with van der Waals surface area (Å²) in [5, 5.41) is 4.59. The fourth-order valence-corrected chi connectivity index (χ4v) is 2.73. The van der Waals surface area contributed by atoms with Crippen LogP contribution in [0.3, 0.4) is 0 Å². The highest BCUT2D eigenvalue weighted by Gasteiger charge is 2.07. The minimum atomic E-state index is 0.644. The number of aromatic nitrogens is 1. The Balaban J connectivity index is 2.01. The Morgan fingerprint density at radius 2 is 2.10 bits per heavy atom. The van der Waals surface area contributed by atoms with Gasteiger partial charge in [0.05, 0.1) is 16.4 Å². The van der Waals surface area contributed by atoms with Gasteiger partial charge in [0.2, 0.25) is 0 Å². The van der Waals surface area contributed by atoms with E-state index >= 15 is 0 Å². The van der Waals surface area contributed by atoms with Crippen molar-refractivity contribution < 1.29 is 0 Å². The standard InChI is InChI=1S/C14H14BrCl2N3/c1-8-12(18)7-20-14(13(8)15)19-5-4-9-2-3-10(16)6-11(9)17/h2-3,6-7H,4-5,18H2,1H3,(H,19,20). The highest BCUT2D eigenvalue weighted by Crippen LogP contribution is 2.28. The molecule has 1 aromatic carbocycles. The fraction of sp³-hybridized carbons (Fsp3) is 0.214. The summed E-state index contributed by atoms with van der Waals surface area (Å²) >= 11 is 15.5. The molecule has 0 aliphatic rings. The molecule has 0 fully saturated rings. The number of anilines is 2. The molecule has 20 heavy (non-hydrogen) atoms. The third-order valence-corrected chi connectivity index (χ3v) is 4.56. The minimum Gasteiger partial charge on any atom is -0.397 e. The van der Waals surface area contributed by atoms with E-state index in [2.05, 4.69) is 26.2 Å². The highest BCUT2D eigenvalue weighted by atomic mass is 79.9. The fourth-order valence-electron chi connectivity index (χ4n) is 1.76. The summed E-state index contributed by atoms with van der Waals surface area (Å²) in [5.41, 5.74) is 8.49. The van der Waals surface area contributed by atoms with Gasteiger partial charge in [-0.3, -0.25) is 0 Å². The van der Waals surface area contributed by atoms with Gasteiger partial charge < -0.3 is 11.1 Å². The van der Waals surface area contributed by atoms with E-state index in [4.69, 9.17) is 28.9 Å². The van der Waals surface area contributed by atoms with Gasteiger partial charge in [0, 0.05) is 16.6 Å². The van der Waals surface area contributed by atoms with Crippen molar-refractivity contribution >= 4 is 50.6 Å². The second-order valence-electron chi connectivity index (χ2n) is 4.41. The number of nitrogen functional groups attached to an aromatic ring is 1. The highest BCUT2D eigenvalue weighted by molar-refractivity contribution is 9.10. The molecule has 6 heteroatoms. The first-order valence-corrected chi connectivity index (χ1v) is 7.62. The Morgan fingerprint density at radius 1 is 1.35 bits per heavy atom. The third kappa shape index (κ3) is 3.57. The molecule has 3 nitrogen and oxygen atoms in total. The smallest absolute Gasteiger partial charge is 0.140 e. The van der Waals surface area contributed by atoms with Gasteiger partial charge in [-0.15, -0.1) is 0 Å². The summed E-state index contributed by atoms with van der Waals surface area (Å²) in [5.74, 6) is 0.779. The number of rotatable bonds is 4. The van der Waals surface area contributed by atoms with Crippen molar-refractivity contribution in [3.63, 3.8) is 0 Å². The Kier molecular flexibility index (Phi) is 5.13. The lowest BCUT2D eigenvalue weighted by Gasteiger charge is -2.11. The van der Waals surface area contributed by atoms with Gasteiger partial charge in [-0.25, -0.2) is 4.98 Å². The molecule has 0 atom stereocenters. The second-order valence-corrected chi connectivity index (χ2v) is 6.05. The third-order valence-electron chi connectivity index (χ3n) is 3.00. The molecule has 0 saturated carbocycles. The number of pyridine rings is 1.